The number of carboxylic acid groups (broad SMARTS) is 1. The van der Waals surface area contributed by atoms with E-state index >= 15 is 0 Å². The number of aromatic nitrogens is 8. The maximum absolute atomic E-state index is 11.0. The fraction of sp³-hybridized carbons (Fsp3) is 0.286. The van der Waals surface area contributed by atoms with Crippen molar-refractivity contribution >= 4 is 47.0 Å². The smallest absolute Gasteiger partial charge is 0.360 e. The summed E-state index contributed by atoms with van der Waals surface area (Å²) in [6.07, 6.45) is 5.92. The third-order valence-electron chi connectivity index (χ3n) is 4.98. The number of rotatable bonds is 4. The van der Waals surface area contributed by atoms with Gasteiger partial charge < -0.3 is 37.5 Å². The Kier molecular flexibility index (Phi) is 18.7. The van der Waals surface area contributed by atoms with Crippen molar-refractivity contribution in [2.45, 2.75) is 42.0 Å². The molecule has 20 heteroatoms. The molecule has 4 heterocycles. The monoisotopic (exact) mass is 676 g/mol. The predicted octanol–water partition coefficient (Wildman–Crippen LogP) is 1.98. The third kappa shape index (κ3) is 13.7. The Morgan fingerprint density at radius 3 is 1.06 bits per heavy atom. The fourth-order valence-electron chi connectivity index (χ4n) is 2.86. The molecule has 0 bridgehead atoms. The van der Waals surface area contributed by atoms with Gasteiger partial charge in [0.05, 0.1) is 61.8 Å². The lowest BCUT2D eigenvalue weighted by Crippen LogP contribution is -2.10. The van der Waals surface area contributed by atoms with Crippen LogP contribution in [0.15, 0.2) is 24.8 Å². The largest absolute Gasteiger partial charge is 0.476 e. The maximum atomic E-state index is 11.0. The lowest BCUT2D eigenvalue weighted by molar-refractivity contribution is 0.0586. The van der Waals surface area contributed by atoms with Crippen LogP contribution in [0.5, 0.6) is 0 Å². The normalized spacial score (nSPS) is 9.15. The molecule has 0 saturated heterocycles. The number of halogens is 1. The van der Waals surface area contributed by atoms with E-state index in [0.29, 0.717) is 22.8 Å². The van der Waals surface area contributed by atoms with Crippen LogP contribution in [0.4, 0.5) is 28.0 Å². The first-order valence-electron chi connectivity index (χ1n) is 12.8. The lowest BCUT2D eigenvalue weighted by Gasteiger charge is -2.01. The van der Waals surface area contributed by atoms with E-state index in [0.717, 1.165) is 0 Å². The van der Waals surface area contributed by atoms with Crippen LogP contribution in [0.1, 0.15) is 80.5 Å². The Morgan fingerprint density at radius 2 is 0.833 bits per heavy atom. The lowest BCUT2D eigenvalue weighted by atomic mass is 10.3. The molecule has 0 fully saturated rings. The van der Waals surface area contributed by atoms with E-state index in [4.69, 9.17) is 28.0 Å². The first kappa shape index (κ1) is 43.7. The second-order valence-corrected chi connectivity index (χ2v) is 8.83. The van der Waals surface area contributed by atoms with E-state index in [1.54, 1.807) is 27.7 Å². The third-order valence-corrected chi connectivity index (χ3v) is 4.98. The molecule has 0 aromatic carbocycles. The number of hydrogen-bond acceptors (Lipinski definition) is 18. The highest BCUT2D eigenvalue weighted by atomic mass is 19.0. The molecule has 19 nitrogen and oxygen atoms in total. The minimum atomic E-state index is -1.15. The topological polar surface area (TPSA) is 314 Å². The number of ketones is 1. The van der Waals surface area contributed by atoms with Crippen molar-refractivity contribution in [3.63, 3.8) is 0 Å². The van der Waals surface area contributed by atoms with Gasteiger partial charge in [0, 0.05) is 8.35 Å². The van der Waals surface area contributed by atoms with E-state index < -0.39 is 17.9 Å². The van der Waals surface area contributed by atoms with E-state index in [9.17, 15) is 19.2 Å². The van der Waals surface area contributed by atoms with Crippen LogP contribution in [-0.4, -0.2) is 82.9 Å². The Morgan fingerprint density at radius 1 is 0.583 bits per heavy atom. The molecule has 9 N–H and O–H groups in total. The standard InChI is InChI=1S/2C7H9N3O2.C7H9N3O.C6H7N3O2.CH4.FH.H2/c2*1-4-3-9-6(8)5(10-4)7(11)12-2;1-4-3-9-7(8)6(10-4)5(2)11;1-3-2-8-5(7)4(9-3)6(10)11;;;/h2*3H,1-2H3,(H2,8,9);3H,1-2H3,(H2,8,9);2H,1H3,(H2,7,8)(H,10,11);1H4;2*1H. The van der Waals surface area contributed by atoms with Gasteiger partial charge in [0.15, 0.2) is 46.1 Å². The highest BCUT2D eigenvalue weighted by Gasteiger charge is 2.13. The van der Waals surface area contributed by atoms with Gasteiger partial charge in [-0.2, -0.15) is 0 Å². The average molecular weight is 677 g/mol. The van der Waals surface area contributed by atoms with Gasteiger partial charge in [-0.05, 0) is 27.7 Å². The average Bonchev–Trinajstić information content (AvgIpc) is 3.01. The zero-order chi connectivity index (χ0) is 35.1. The molecule has 0 saturated carbocycles. The Hall–Kier alpha value is -6.47. The number of aromatic carboxylic acids is 1. The summed E-state index contributed by atoms with van der Waals surface area (Å²) in [5.74, 6) is -2.11. The second-order valence-electron chi connectivity index (χ2n) is 8.83. The molecule has 0 amide bonds. The summed E-state index contributed by atoms with van der Waals surface area (Å²) < 4.78 is 8.90. The molecule has 0 spiro atoms. The molecule has 0 aliphatic rings. The number of methoxy groups -OCH3 is 2. The number of nitrogen functional groups attached to an aromatic ring is 4. The molecule has 4 aromatic heterocycles. The molecular weight excluding hydrogens is 635 g/mol. The number of esters is 2. The van der Waals surface area contributed by atoms with Crippen molar-refractivity contribution in [2.24, 2.45) is 0 Å². The predicted molar refractivity (Wildman–Crippen MR) is 176 cm³/mol. The van der Waals surface area contributed by atoms with Crippen molar-refractivity contribution in [1.82, 2.24) is 39.9 Å². The van der Waals surface area contributed by atoms with Crippen molar-refractivity contribution in [1.29, 1.82) is 0 Å². The molecule has 0 aliphatic heterocycles. The second kappa shape index (κ2) is 20.5. The summed E-state index contributed by atoms with van der Waals surface area (Å²) in [7, 11) is 2.54. The van der Waals surface area contributed by atoms with Crippen LogP contribution in [-0.2, 0) is 9.47 Å². The van der Waals surface area contributed by atoms with Gasteiger partial charge >= 0.3 is 17.9 Å². The number of carbonyl (C=O) groups is 4. The van der Waals surface area contributed by atoms with Crippen LogP contribution >= 0.6 is 0 Å². The summed E-state index contributed by atoms with van der Waals surface area (Å²) in [6.45, 7) is 8.27. The zero-order valence-corrected chi connectivity index (χ0v) is 26.5. The van der Waals surface area contributed by atoms with E-state index in [2.05, 4.69) is 49.3 Å². The SMILES string of the molecule is C.CC(=O)c1nc(C)cnc1N.COC(=O)c1nc(C)cnc1N.COC(=O)c1nc(C)cnc1N.Cc1cnc(N)c(C(=O)O)n1.F.[HH]. The van der Waals surface area contributed by atoms with Crippen molar-refractivity contribution < 1.29 is 39.9 Å². The van der Waals surface area contributed by atoms with Crippen LogP contribution in [0, 0.1) is 27.7 Å². The number of carbonyl (C=O) groups excluding carboxylic acids is 3. The van der Waals surface area contributed by atoms with Gasteiger partial charge in [-0.15, -0.1) is 0 Å². The Bertz CT molecular complexity index is 1610. The van der Waals surface area contributed by atoms with Gasteiger partial charge in [0.2, 0.25) is 0 Å². The number of carboxylic acids is 1. The van der Waals surface area contributed by atoms with E-state index in [-0.39, 0.29) is 65.4 Å². The van der Waals surface area contributed by atoms with Gasteiger partial charge in [-0.1, -0.05) is 7.43 Å². The van der Waals surface area contributed by atoms with E-state index in [1.807, 2.05) is 0 Å². The van der Waals surface area contributed by atoms with Gasteiger partial charge in [-0.3, -0.25) is 9.50 Å². The quantitative estimate of drug-likeness (QED) is 0.152. The van der Waals surface area contributed by atoms with Crippen LogP contribution in [0.25, 0.3) is 0 Å². The summed E-state index contributed by atoms with van der Waals surface area (Å²) in [5, 5.41) is 8.51. The van der Waals surface area contributed by atoms with E-state index in [1.165, 1.54) is 45.9 Å². The molecular formula is C28H41FN12O7. The molecule has 4 rings (SSSR count). The summed E-state index contributed by atoms with van der Waals surface area (Å²) in [4.78, 5) is 73.5. The number of nitrogens with two attached hydrogens (primary N) is 4. The molecule has 0 unspecified atom stereocenters. The van der Waals surface area contributed by atoms with Crippen molar-refractivity contribution in [2.75, 3.05) is 37.2 Å². The van der Waals surface area contributed by atoms with Gasteiger partial charge in [0.1, 0.15) is 5.69 Å². The highest BCUT2D eigenvalue weighted by Crippen LogP contribution is 2.08. The molecule has 48 heavy (non-hydrogen) atoms. The zero-order valence-electron chi connectivity index (χ0n) is 26.5. The highest BCUT2D eigenvalue weighted by molar-refractivity contribution is 5.96. The molecule has 262 valence electrons. The fourth-order valence-corrected chi connectivity index (χ4v) is 2.86. The molecule has 0 radical (unpaired) electrons. The summed E-state index contributed by atoms with van der Waals surface area (Å²) >= 11 is 0. The number of Topliss-reactive ketones (excluding diaryl/α,β-unsaturated/α-hetero) is 1. The number of aryl methyl sites for hydroxylation is 4. The number of ether oxygens (including phenoxy) is 2. The first-order chi connectivity index (χ1) is 21.5. The minimum Gasteiger partial charge on any atom is -0.476 e. The van der Waals surface area contributed by atoms with Gasteiger partial charge in [0.25, 0.3) is 0 Å². The van der Waals surface area contributed by atoms with Crippen molar-refractivity contribution in [3.05, 3.63) is 70.3 Å². The Labute approximate surface area is 276 Å². The number of anilines is 4. The minimum absolute atomic E-state index is 0. The van der Waals surface area contributed by atoms with Crippen LogP contribution in [0.3, 0.4) is 0 Å². The molecule has 0 aliphatic carbocycles. The molecule has 0 atom stereocenters. The van der Waals surface area contributed by atoms with Crippen LogP contribution < -0.4 is 22.9 Å². The van der Waals surface area contributed by atoms with Gasteiger partial charge in [-0.25, -0.2) is 54.3 Å². The number of nitrogens with zero attached hydrogens (tertiary/aromatic N) is 8. The Balaban J connectivity index is -0.000000565. The molecule has 4 aromatic rings. The number of hydrogen-bond donors (Lipinski definition) is 5. The maximum Gasteiger partial charge on any atom is 0.360 e. The van der Waals surface area contributed by atoms with Crippen LogP contribution in [0.2, 0.25) is 0 Å². The summed E-state index contributed by atoms with van der Waals surface area (Å²) in [6, 6.07) is 0. The van der Waals surface area contributed by atoms with Crippen molar-refractivity contribution in [3.8, 4) is 0 Å². The first-order valence-corrected chi connectivity index (χ1v) is 12.8. The summed E-state index contributed by atoms with van der Waals surface area (Å²) in [5.41, 5.74) is 24.1.